The SMILES string of the molecule is N#Cc1cccc(C2=CC3=CCNCC3C(NC3CCN(C(=O)c4cc(Cl)nc(Cl)c4)CC3)C2)c1. The van der Waals surface area contributed by atoms with E-state index < -0.39 is 0 Å². The van der Waals surface area contributed by atoms with E-state index in [0.29, 0.717) is 42.2 Å². The van der Waals surface area contributed by atoms with Crippen molar-refractivity contribution in [1.29, 1.82) is 5.26 Å². The standard InChI is InChI=1S/C27H27Cl2N5O/c28-25-13-21(14-26(29)33-25)27(35)34-8-5-22(6-9-34)32-24-12-20(11-19-4-7-31-16-23(19)24)18-3-1-2-17(10-18)15-30/h1-4,10-11,13-14,22-24,31-32H,5-9,12,16H2. The van der Waals surface area contributed by atoms with Gasteiger partial charge >= 0.3 is 0 Å². The van der Waals surface area contributed by atoms with Gasteiger partial charge in [-0.2, -0.15) is 5.26 Å². The van der Waals surface area contributed by atoms with E-state index in [-0.39, 0.29) is 16.2 Å². The van der Waals surface area contributed by atoms with E-state index in [0.717, 1.165) is 37.9 Å². The molecule has 0 spiro atoms. The molecule has 0 radical (unpaired) electrons. The predicted octanol–water partition coefficient (Wildman–Crippen LogP) is 4.46. The summed E-state index contributed by atoms with van der Waals surface area (Å²) in [6, 6.07) is 13.9. The van der Waals surface area contributed by atoms with E-state index in [2.05, 4.69) is 39.9 Å². The van der Waals surface area contributed by atoms with Crippen LogP contribution in [0.4, 0.5) is 0 Å². The van der Waals surface area contributed by atoms with Gasteiger partial charge in [0.2, 0.25) is 0 Å². The number of hydrogen-bond donors (Lipinski definition) is 2. The molecule has 180 valence electrons. The molecule has 5 rings (SSSR count). The second-order valence-electron chi connectivity index (χ2n) is 9.38. The molecular formula is C27H27Cl2N5O. The summed E-state index contributed by atoms with van der Waals surface area (Å²) >= 11 is 12.0. The van der Waals surface area contributed by atoms with Crippen molar-refractivity contribution < 1.29 is 4.79 Å². The number of piperidine rings is 1. The Morgan fingerprint density at radius 2 is 1.94 bits per heavy atom. The average molecular weight is 508 g/mol. The molecule has 3 aliphatic rings. The molecule has 2 unspecified atom stereocenters. The summed E-state index contributed by atoms with van der Waals surface area (Å²) in [6.07, 6.45) is 7.27. The zero-order valence-electron chi connectivity index (χ0n) is 19.3. The van der Waals surface area contributed by atoms with Gasteiger partial charge in [-0.1, -0.05) is 47.5 Å². The third-order valence-corrected chi connectivity index (χ3v) is 7.53. The number of carbonyl (C=O) groups excluding carboxylic acids is 1. The first-order valence-corrected chi connectivity index (χ1v) is 12.8. The maximum absolute atomic E-state index is 13.0. The molecule has 2 aromatic rings. The van der Waals surface area contributed by atoms with Gasteiger partial charge in [0.15, 0.2) is 0 Å². The lowest BCUT2D eigenvalue weighted by molar-refractivity contribution is 0.0699. The summed E-state index contributed by atoms with van der Waals surface area (Å²) < 4.78 is 0. The van der Waals surface area contributed by atoms with Crippen molar-refractivity contribution in [1.82, 2.24) is 20.5 Å². The van der Waals surface area contributed by atoms with E-state index in [1.807, 2.05) is 23.1 Å². The summed E-state index contributed by atoms with van der Waals surface area (Å²) in [5, 5.41) is 17.2. The number of aromatic nitrogens is 1. The number of allylic oxidation sites excluding steroid dienone is 1. The zero-order valence-corrected chi connectivity index (χ0v) is 20.8. The zero-order chi connectivity index (χ0) is 24.4. The van der Waals surface area contributed by atoms with E-state index >= 15 is 0 Å². The minimum Gasteiger partial charge on any atom is -0.339 e. The Bertz CT molecular complexity index is 1210. The topological polar surface area (TPSA) is 81.0 Å². The maximum atomic E-state index is 13.0. The van der Waals surface area contributed by atoms with E-state index in [9.17, 15) is 10.1 Å². The van der Waals surface area contributed by atoms with Crippen LogP contribution in [0.2, 0.25) is 10.3 Å². The second-order valence-corrected chi connectivity index (χ2v) is 10.2. The molecule has 2 aliphatic heterocycles. The Balaban J connectivity index is 1.26. The number of nitriles is 1. The Kier molecular flexibility index (Phi) is 7.22. The molecule has 0 bridgehead atoms. The molecule has 35 heavy (non-hydrogen) atoms. The van der Waals surface area contributed by atoms with Crippen LogP contribution in [0.15, 0.2) is 54.1 Å². The molecule has 2 N–H and O–H groups in total. The van der Waals surface area contributed by atoms with Crippen LogP contribution >= 0.6 is 23.2 Å². The van der Waals surface area contributed by atoms with Gasteiger partial charge in [0.05, 0.1) is 11.6 Å². The lowest BCUT2D eigenvalue weighted by Gasteiger charge is -2.41. The van der Waals surface area contributed by atoms with Crippen molar-refractivity contribution in [3.05, 3.63) is 81.1 Å². The molecule has 0 saturated carbocycles. The van der Waals surface area contributed by atoms with Crippen LogP contribution in [-0.4, -0.2) is 54.1 Å². The Morgan fingerprint density at radius 1 is 1.17 bits per heavy atom. The maximum Gasteiger partial charge on any atom is 0.254 e. The first-order chi connectivity index (χ1) is 17.0. The molecule has 1 aromatic heterocycles. The minimum atomic E-state index is -0.0587. The molecule has 1 fully saturated rings. The van der Waals surface area contributed by atoms with Gasteiger partial charge in [-0.25, -0.2) is 4.98 Å². The number of amides is 1. The fourth-order valence-electron chi connectivity index (χ4n) is 5.37. The number of hydrogen-bond acceptors (Lipinski definition) is 5. The summed E-state index contributed by atoms with van der Waals surface area (Å²) in [7, 11) is 0. The van der Waals surface area contributed by atoms with E-state index in [1.54, 1.807) is 12.1 Å². The number of nitrogens with zero attached hydrogens (tertiary/aromatic N) is 3. The normalized spacial score (nSPS) is 22.6. The molecule has 6 nitrogen and oxygen atoms in total. The van der Waals surface area contributed by atoms with Crippen LogP contribution in [0.3, 0.4) is 0 Å². The van der Waals surface area contributed by atoms with Gasteiger partial charge in [-0.15, -0.1) is 0 Å². The first kappa shape index (κ1) is 24.0. The number of halogens is 2. The number of rotatable bonds is 4. The monoisotopic (exact) mass is 507 g/mol. The van der Waals surface area contributed by atoms with Gasteiger partial charge in [0.25, 0.3) is 5.91 Å². The van der Waals surface area contributed by atoms with Crippen LogP contribution in [0, 0.1) is 17.2 Å². The van der Waals surface area contributed by atoms with Crippen molar-refractivity contribution in [2.24, 2.45) is 5.92 Å². The van der Waals surface area contributed by atoms with Crippen LogP contribution in [0.1, 0.15) is 40.7 Å². The summed E-state index contributed by atoms with van der Waals surface area (Å²) in [4.78, 5) is 18.8. The van der Waals surface area contributed by atoms with Crippen LogP contribution in [0.5, 0.6) is 0 Å². The van der Waals surface area contributed by atoms with Gasteiger partial charge in [-0.05, 0) is 60.2 Å². The minimum absolute atomic E-state index is 0.0587. The third-order valence-electron chi connectivity index (χ3n) is 7.15. The van der Waals surface area contributed by atoms with Crippen LogP contribution in [-0.2, 0) is 0 Å². The number of pyridine rings is 1. The van der Waals surface area contributed by atoms with Gasteiger partial charge in [0, 0.05) is 49.7 Å². The number of likely N-dealkylation sites (tertiary alicyclic amines) is 1. The predicted molar refractivity (Wildman–Crippen MR) is 138 cm³/mol. The summed E-state index contributed by atoms with van der Waals surface area (Å²) in [5.41, 5.74) is 4.91. The number of nitrogens with one attached hydrogen (secondary N) is 2. The summed E-state index contributed by atoms with van der Waals surface area (Å²) in [5.74, 6) is 0.351. The molecule has 1 saturated heterocycles. The Morgan fingerprint density at radius 3 is 2.69 bits per heavy atom. The Labute approximate surface area is 215 Å². The highest BCUT2D eigenvalue weighted by molar-refractivity contribution is 6.33. The highest BCUT2D eigenvalue weighted by Crippen LogP contribution is 2.36. The smallest absolute Gasteiger partial charge is 0.254 e. The lowest BCUT2D eigenvalue weighted by atomic mass is 9.77. The quantitative estimate of drug-likeness (QED) is 0.597. The molecule has 1 aliphatic carbocycles. The van der Waals surface area contributed by atoms with Gasteiger partial charge in [0.1, 0.15) is 10.3 Å². The second kappa shape index (κ2) is 10.5. The summed E-state index contributed by atoms with van der Waals surface area (Å²) in [6.45, 7) is 3.19. The fourth-order valence-corrected chi connectivity index (χ4v) is 5.83. The fraction of sp³-hybridized carbons (Fsp3) is 0.370. The molecular weight excluding hydrogens is 481 g/mol. The lowest BCUT2D eigenvalue weighted by Crippen LogP contribution is -2.52. The molecule has 1 amide bonds. The van der Waals surface area contributed by atoms with E-state index in [1.165, 1.54) is 11.1 Å². The molecule has 2 atom stereocenters. The highest BCUT2D eigenvalue weighted by Gasteiger charge is 2.34. The van der Waals surface area contributed by atoms with Crippen molar-refractivity contribution in [3.63, 3.8) is 0 Å². The first-order valence-electron chi connectivity index (χ1n) is 12.0. The van der Waals surface area contributed by atoms with Gasteiger partial charge < -0.3 is 15.5 Å². The molecule has 1 aromatic carbocycles. The van der Waals surface area contributed by atoms with Crippen molar-refractivity contribution in [2.75, 3.05) is 26.2 Å². The van der Waals surface area contributed by atoms with Crippen molar-refractivity contribution >= 4 is 34.7 Å². The van der Waals surface area contributed by atoms with Crippen molar-refractivity contribution in [3.8, 4) is 6.07 Å². The number of benzene rings is 1. The number of fused-ring (bicyclic) bond motifs is 1. The van der Waals surface area contributed by atoms with E-state index in [4.69, 9.17) is 23.2 Å². The highest BCUT2D eigenvalue weighted by atomic mass is 35.5. The van der Waals surface area contributed by atoms with Gasteiger partial charge in [-0.3, -0.25) is 4.79 Å². The van der Waals surface area contributed by atoms with Crippen LogP contribution < -0.4 is 10.6 Å². The average Bonchev–Trinajstić information content (AvgIpc) is 2.88. The number of carbonyl (C=O) groups is 1. The van der Waals surface area contributed by atoms with Crippen LogP contribution in [0.25, 0.3) is 5.57 Å². The third kappa shape index (κ3) is 5.44. The Hall–Kier alpha value is -2.69. The molecule has 3 heterocycles. The van der Waals surface area contributed by atoms with Crippen molar-refractivity contribution in [2.45, 2.75) is 31.3 Å². The largest absolute Gasteiger partial charge is 0.339 e. The molecule has 8 heteroatoms.